The number of hydrogen-bond acceptors (Lipinski definition) is 3. The molecule has 1 rings (SSSR count). The molecule has 1 N–H and O–H groups in total. The summed E-state index contributed by atoms with van der Waals surface area (Å²) < 4.78 is 0. The fourth-order valence-electron chi connectivity index (χ4n) is 1.75. The van der Waals surface area contributed by atoms with Crippen molar-refractivity contribution in [2.24, 2.45) is 0 Å². The van der Waals surface area contributed by atoms with Crippen molar-refractivity contribution >= 4 is 5.82 Å². The Morgan fingerprint density at radius 1 is 1.44 bits per heavy atom. The van der Waals surface area contributed by atoms with E-state index in [-0.39, 0.29) is 0 Å². The number of hydrogen-bond donors (Lipinski definition) is 1. The largest absolute Gasteiger partial charge is 0.373 e. The molecular formula is C13H23N3. The fourth-order valence-corrected chi connectivity index (χ4v) is 1.75. The lowest BCUT2D eigenvalue weighted by molar-refractivity contribution is 0.236. The molecule has 0 saturated carbocycles. The second-order valence-electron chi connectivity index (χ2n) is 4.35. The van der Waals surface area contributed by atoms with Crippen molar-refractivity contribution in [3.8, 4) is 0 Å². The standard InChI is InChI=1S/C13H23N3/c1-5-6-11(2)16(4)10-12-7-8-13(14-3)15-9-12/h7-9,11H,5-6,10H2,1-4H3,(H,14,15). The van der Waals surface area contributed by atoms with Crippen LogP contribution >= 0.6 is 0 Å². The highest BCUT2D eigenvalue weighted by Crippen LogP contribution is 2.10. The lowest BCUT2D eigenvalue weighted by Gasteiger charge is -2.24. The Morgan fingerprint density at radius 2 is 2.19 bits per heavy atom. The molecule has 1 aromatic heterocycles. The number of aromatic nitrogens is 1. The molecule has 0 aliphatic carbocycles. The number of anilines is 1. The number of nitrogens with zero attached hydrogens (tertiary/aromatic N) is 2. The van der Waals surface area contributed by atoms with E-state index in [2.05, 4.69) is 42.2 Å². The molecule has 0 aliphatic rings. The van der Waals surface area contributed by atoms with Gasteiger partial charge >= 0.3 is 0 Å². The van der Waals surface area contributed by atoms with Gasteiger partial charge in [-0.15, -0.1) is 0 Å². The van der Waals surface area contributed by atoms with Gasteiger partial charge in [0.1, 0.15) is 5.82 Å². The minimum atomic E-state index is 0.633. The summed E-state index contributed by atoms with van der Waals surface area (Å²) in [5.74, 6) is 0.924. The summed E-state index contributed by atoms with van der Waals surface area (Å²) in [4.78, 5) is 6.69. The van der Waals surface area contributed by atoms with Crippen molar-refractivity contribution in [2.45, 2.75) is 39.3 Å². The van der Waals surface area contributed by atoms with Crippen molar-refractivity contribution in [1.82, 2.24) is 9.88 Å². The molecule has 0 aliphatic heterocycles. The molecule has 0 fully saturated rings. The first kappa shape index (κ1) is 13.0. The SMILES string of the molecule is CCCC(C)N(C)Cc1ccc(NC)nc1. The Balaban J connectivity index is 2.52. The van der Waals surface area contributed by atoms with Crippen LogP contribution in [-0.4, -0.2) is 30.0 Å². The van der Waals surface area contributed by atoms with Crippen LogP contribution in [0.15, 0.2) is 18.3 Å². The van der Waals surface area contributed by atoms with Gasteiger partial charge in [0.15, 0.2) is 0 Å². The molecule has 90 valence electrons. The zero-order valence-corrected chi connectivity index (χ0v) is 10.8. The number of pyridine rings is 1. The van der Waals surface area contributed by atoms with Gasteiger partial charge in [0.05, 0.1) is 0 Å². The van der Waals surface area contributed by atoms with Gasteiger partial charge in [-0.3, -0.25) is 4.90 Å². The summed E-state index contributed by atoms with van der Waals surface area (Å²) in [6.07, 6.45) is 4.43. The molecule has 1 unspecified atom stereocenters. The van der Waals surface area contributed by atoms with Crippen LogP contribution in [-0.2, 0) is 6.54 Å². The van der Waals surface area contributed by atoms with E-state index in [0.29, 0.717) is 6.04 Å². The van der Waals surface area contributed by atoms with Crippen LogP contribution < -0.4 is 5.32 Å². The van der Waals surface area contributed by atoms with Gasteiger partial charge in [-0.05, 0) is 32.0 Å². The molecule has 1 aromatic rings. The monoisotopic (exact) mass is 221 g/mol. The maximum Gasteiger partial charge on any atom is 0.125 e. The zero-order valence-electron chi connectivity index (χ0n) is 10.8. The van der Waals surface area contributed by atoms with E-state index in [1.807, 2.05) is 19.3 Å². The molecule has 3 heteroatoms. The van der Waals surface area contributed by atoms with Crippen molar-refractivity contribution in [1.29, 1.82) is 0 Å². The van der Waals surface area contributed by atoms with Crippen molar-refractivity contribution in [3.63, 3.8) is 0 Å². The molecule has 0 radical (unpaired) electrons. The second-order valence-corrected chi connectivity index (χ2v) is 4.35. The Kier molecular flexibility index (Phi) is 5.26. The smallest absolute Gasteiger partial charge is 0.125 e. The van der Waals surface area contributed by atoms with Crippen LogP contribution in [0.3, 0.4) is 0 Å². The maximum atomic E-state index is 4.32. The van der Waals surface area contributed by atoms with Crippen LogP contribution in [0.4, 0.5) is 5.82 Å². The molecule has 0 saturated heterocycles. The molecule has 0 aromatic carbocycles. The maximum absolute atomic E-state index is 4.32. The third-order valence-electron chi connectivity index (χ3n) is 2.97. The van der Waals surface area contributed by atoms with E-state index in [0.717, 1.165) is 12.4 Å². The summed E-state index contributed by atoms with van der Waals surface area (Å²) >= 11 is 0. The topological polar surface area (TPSA) is 28.2 Å². The predicted octanol–water partition coefficient (Wildman–Crippen LogP) is 2.74. The average molecular weight is 221 g/mol. The summed E-state index contributed by atoms with van der Waals surface area (Å²) in [6, 6.07) is 4.79. The predicted molar refractivity (Wildman–Crippen MR) is 69.6 cm³/mol. The van der Waals surface area contributed by atoms with Crippen LogP contribution in [0.25, 0.3) is 0 Å². The highest BCUT2D eigenvalue weighted by molar-refractivity contribution is 5.34. The second kappa shape index (κ2) is 6.48. The molecule has 0 bridgehead atoms. The number of nitrogens with one attached hydrogen (secondary N) is 1. The molecule has 1 atom stereocenters. The molecule has 1 heterocycles. The van der Waals surface area contributed by atoms with E-state index >= 15 is 0 Å². The van der Waals surface area contributed by atoms with Gasteiger partial charge in [0.25, 0.3) is 0 Å². The third-order valence-corrected chi connectivity index (χ3v) is 2.97. The zero-order chi connectivity index (χ0) is 12.0. The molecular weight excluding hydrogens is 198 g/mol. The van der Waals surface area contributed by atoms with Crippen LogP contribution in [0.5, 0.6) is 0 Å². The van der Waals surface area contributed by atoms with Crippen molar-refractivity contribution in [3.05, 3.63) is 23.9 Å². The highest BCUT2D eigenvalue weighted by Gasteiger charge is 2.08. The quantitative estimate of drug-likeness (QED) is 0.800. The lowest BCUT2D eigenvalue weighted by atomic mass is 10.1. The van der Waals surface area contributed by atoms with E-state index in [1.54, 1.807) is 0 Å². The first-order valence-corrected chi connectivity index (χ1v) is 6.00. The van der Waals surface area contributed by atoms with E-state index in [1.165, 1.54) is 18.4 Å². The van der Waals surface area contributed by atoms with Gasteiger partial charge in [0.2, 0.25) is 0 Å². The van der Waals surface area contributed by atoms with Crippen LogP contribution in [0.2, 0.25) is 0 Å². The fraction of sp³-hybridized carbons (Fsp3) is 0.615. The first-order chi connectivity index (χ1) is 7.67. The highest BCUT2D eigenvalue weighted by atomic mass is 15.1. The normalized spacial score (nSPS) is 12.8. The van der Waals surface area contributed by atoms with Crippen molar-refractivity contribution in [2.75, 3.05) is 19.4 Å². The summed E-state index contributed by atoms with van der Waals surface area (Å²) in [5.41, 5.74) is 1.27. The lowest BCUT2D eigenvalue weighted by Crippen LogP contribution is -2.28. The number of rotatable bonds is 6. The van der Waals surface area contributed by atoms with Crippen LogP contribution in [0, 0.1) is 0 Å². The van der Waals surface area contributed by atoms with Gasteiger partial charge < -0.3 is 5.32 Å². The average Bonchev–Trinajstić information content (AvgIpc) is 2.30. The molecule has 3 nitrogen and oxygen atoms in total. The first-order valence-electron chi connectivity index (χ1n) is 6.00. The van der Waals surface area contributed by atoms with Gasteiger partial charge in [-0.2, -0.15) is 0 Å². The Hall–Kier alpha value is -1.09. The van der Waals surface area contributed by atoms with Gasteiger partial charge in [-0.25, -0.2) is 4.98 Å². The third kappa shape index (κ3) is 3.81. The van der Waals surface area contributed by atoms with E-state index < -0.39 is 0 Å². The van der Waals surface area contributed by atoms with Gasteiger partial charge in [0, 0.05) is 25.8 Å². The minimum absolute atomic E-state index is 0.633. The Labute approximate surface area is 98.9 Å². The summed E-state index contributed by atoms with van der Waals surface area (Å²) in [6.45, 7) is 5.48. The van der Waals surface area contributed by atoms with Crippen molar-refractivity contribution < 1.29 is 0 Å². The molecule has 0 spiro atoms. The summed E-state index contributed by atoms with van der Waals surface area (Å²) in [5, 5.41) is 3.03. The molecule has 0 amide bonds. The van der Waals surface area contributed by atoms with E-state index in [4.69, 9.17) is 0 Å². The summed E-state index contributed by atoms with van der Waals surface area (Å²) in [7, 11) is 4.06. The minimum Gasteiger partial charge on any atom is -0.373 e. The van der Waals surface area contributed by atoms with Crippen LogP contribution in [0.1, 0.15) is 32.3 Å². The molecule has 16 heavy (non-hydrogen) atoms. The Bertz CT molecular complexity index is 295. The van der Waals surface area contributed by atoms with E-state index in [9.17, 15) is 0 Å². The van der Waals surface area contributed by atoms with Gasteiger partial charge in [-0.1, -0.05) is 19.4 Å². The Morgan fingerprint density at radius 3 is 2.69 bits per heavy atom.